The first-order chi connectivity index (χ1) is 16.8. The molecule has 0 aliphatic carbocycles. The maximum Gasteiger partial charge on any atom is 0.261 e. The minimum Gasteiger partial charge on any atom is -0.407 e. The molecule has 1 saturated heterocycles. The van der Waals surface area contributed by atoms with Crippen molar-refractivity contribution in [2.24, 2.45) is 0 Å². The highest BCUT2D eigenvalue weighted by Gasteiger charge is 2.57. The lowest BCUT2D eigenvalue weighted by Crippen LogP contribution is -2.66. The van der Waals surface area contributed by atoms with Gasteiger partial charge in [0.1, 0.15) is 11.7 Å². The second-order valence-electron chi connectivity index (χ2n) is 10.6. The number of hydrogen-bond acceptors (Lipinski definition) is 4. The van der Waals surface area contributed by atoms with Crippen molar-refractivity contribution in [3.8, 4) is 0 Å². The van der Waals surface area contributed by atoms with Crippen LogP contribution in [0.4, 0.5) is 0 Å². The van der Waals surface area contributed by atoms with Gasteiger partial charge in [-0.3, -0.25) is 0 Å². The molecule has 1 N–H and O–H groups in total. The van der Waals surface area contributed by atoms with Crippen molar-refractivity contribution in [1.29, 1.82) is 0 Å². The molecule has 0 unspecified atom stereocenters. The summed E-state index contributed by atoms with van der Waals surface area (Å²) in [6.45, 7) is 10.2. The predicted octanol–water partition coefficient (Wildman–Crippen LogP) is 4.69. The molecule has 0 bridgehead atoms. The van der Waals surface area contributed by atoms with Crippen LogP contribution in [0.25, 0.3) is 0 Å². The first-order valence-corrected chi connectivity index (χ1v) is 14.4. The van der Waals surface area contributed by atoms with E-state index < -0.39 is 20.0 Å². The fourth-order valence-corrected chi connectivity index (χ4v) is 9.57. The molecule has 4 nitrogen and oxygen atoms in total. The first-order valence-electron chi connectivity index (χ1n) is 12.5. The van der Waals surface area contributed by atoms with Crippen LogP contribution in [0, 0.1) is 0 Å². The zero-order valence-corrected chi connectivity index (χ0v) is 22.3. The molecular formula is C30H38O4Si. The third kappa shape index (κ3) is 5.60. The van der Waals surface area contributed by atoms with Gasteiger partial charge in [0.05, 0.1) is 19.3 Å². The Bertz CT molecular complexity index is 1010. The lowest BCUT2D eigenvalue weighted by Gasteiger charge is -2.43. The topological polar surface area (TPSA) is 51.2 Å². The van der Waals surface area contributed by atoms with Crippen LogP contribution in [0.1, 0.15) is 39.7 Å². The number of epoxide rings is 1. The highest BCUT2D eigenvalue weighted by Crippen LogP contribution is 2.41. The number of rotatable bonds is 11. The van der Waals surface area contributed by atoms with E-state index in [9.17, 15) is 5.11 Å². The van der Waals surface area contributed by atoms with Gasteiger partial charge in [-0.2, -0.15) is 0 Å². The van der Waals surface area contributed by atoms with Crippen LogP contribution < -0.4 is 10.4 Å². The van der Waals surface area contributed by atoms with Crippen molar-refractivity contribution in [3.05, 3.63) is 96.6 Å². The molecule has 0 spiro atoms. The van der Waals surface area contributed by atoms with E-state index in [-0.39, 0.29) is 11.1 Å². The summed E-state index contributed by atoms with van der Waals surface area (Å²) in [6, 6.07) is 31.3. The van der Waals surface area contributed by atoms with Crippen LogP contribution in [0.2, 0.25) is 5.04 Å². The van der Waals surface area contributed by atoms with E-state index in [4.69, 9.17) is 13.9 Å². The minimum absolute atomic E-state index is 0.0888. The summed E-state index contributed by atoms with van der Waals surface area (Å²) < 4.78 is 18.7. The molecule has 0 amide bonds. The molecule has 0 aromatic heterocycles. The van der Waals surface area contributed by atoms with Crippen LogP contribution in [-0.2, 0) is 20.5 Å². The first kappa shape index (κ1) is 25.8. The Balaban J connectivity index is 1.41. The van der Waals surface area contributed by atoms with Gasteiger partial charge in [0, 0.05) is 6.61 Å². The summed E-state index contributed by atoms with van der Waals surface area (Å²) in [5.74, 6) is 0. The second kappa shape index (κ2) is 10.8. The number of ether oxygens (including phenoxy) is 2. The third-order valence-electron chi connectivity index (χ3n) is 7.15. The Labute approximate surface area is 211 Å². The van der Waals surface area contributed by atoms with Crippen LogP contribution >= 0.6 is 0 Å². The smallest absolute Gasteiger partial charge is 0.261 e. The number of benzene rings is 3. The quantitative estimate of drug-likeness (QED) is 0.313. The molecule has 1 fully saturated rings. The Morgan fingerprint density at radius 1 is 0.886 bits per heavy atom. The number of hydrogen-bond donors (Lipinski definition) is 1. The predicted molar refractivity (Wildman–Crippen MR) is 144 cm³/mol. The fourth-order valence-electron chi connectivity index (χ4n) is 4.99. The highest BCUT2D eigenvalue weighted by atomic mass is 28.4. The van der Waals surface area contributed by atoms with E-state index in [1.54, 1.807) is 0 Å². The van der Waals surface area contributed by atoms with Gasteiger partial charge in [0.2, 0.25) is 0 Å². The van der Waals surface area contributed by atoms with E-state index in [0.29, 0.717) is 26.2 Å². The summed E-state index contributed by atoms with van der Waals surface area (Å²) in [5, 5.41) is 13.4. The van der Waals surface area contributed by atoms with Gasteiger partial charge in [-0.15, -0.1) is 0 Å². The largest absolute Gasteiger partial charge is 0.407 e. The standard InChI is InChI=1S/C30H38O4Si/c1-29(2,3)35(25-16-10-6-11-17-25,26-18-12-7-13-19-26)33-21-20-27(31)30(4)28(34-30)23-32-22-24-14-8-5-9-15-24/h5-19,27-28,31H,20-23H2,1-4H3/t27-,28-,30-/m1/s1. The molecule has 0 radical (unpaired) electrons. The van der Waals surface area contributed by atoms with E-state index in [2.05, 4.69) is 69.3 Å². The van der Waals surface area contributed by atoms with Crippen LogP contribution in [0.15, 0.2) is 91.0 Å². The Hall–Kier alpha value is -2.28. The fraction of sp³-hybridized carbons (Fsp3) is 0.400. The van der Waals surface area contributed by atoms with Crippen molar-refractivity contribution >= 4 is 18.7 Å². The minimum atomic E-state index is -2.61. The lowest BCUT2D eigenvalue weighted by atomic mass is 9.98. The molecule has 1 heterocycles. The number of aliphatic hydroxyl groups is 1. The molecule has 1 aliphatic heterocycles. The van der Waals surface area contributed by atoms with E-state index in [1.807, 2.05) is 49.4 Å². The van der Waals surface area contributed by atoms with Crippen molar-refractivity contribution < 1.29 is 19.0 Å². The molecule has 3 aromatic carbocycles. The summed E-state index contributed by atoms with van der Waals surface area (Å²) in [5.41, 5.74) is 0.542. The summed E-state index contributed by atoms with van der Waals surface area (Å²) in [4.78, 5) is 0. The average Bonchev–Trinajstić information content (AvgIpc) is 3.53. The maximum atomic E-state index is 11.0. The van der Waals surface area contributed by atoms with Gasteiger partial charge in [0.25, 0.3) is 8.32 Å². The zero-order chi connectivity index (χ0) is 24.9. The monoisotopic (exact) mass is 490 g/mol. The molecular weight excluding hydrogens is 452 g/mol. The maximum absolute atomic E-state index is 11.0. The van der Waals surface area contributed by atoms with E-state index in [0.717, 1.165) is 5.56 Å². The van der Waals surface area contributed by atoms with E-state index in [1.165, 1.54) is 10.4 Å². The summed E-state index contributed by atoms with van der Waals surface area (Å²) in [6.07, 6.45) is -0.212. The Morgan fingerprint density at radius 3 is 1.91 bits per heavy atom. The average molecular weight is 491 g/mol. The second-order valence-corrected chi connectivity index (χ2v) is 14.9. The molecule has 35 heavy (non-hydrogen) atoms. The highest BCUT2D eigenvalue weighted by molar-refractivity contribution is 6.99. The van der Waals surface area contributed by atoms with Gasteiger partial charge in [0.15, 0.2) is 0 Å². The van der Waals surface area contributed by atoms with Gasteiger partial charge < -0.3 is 19.0 Å². The van der Waals surface area contributed by atoms with Crippen LogP contribution in [0.5, 0.6) is 0 Å². The van der Waals surface area contributed by atoms with E-state index >= 15 is 0 Å². The van der Waals surface area contributed by atoms with Crippen LogP contribution in [0.3, 0.4) is 0 Å². The van der Waals surface area contributed by atoms with Gasteiger partial charge in [-0.05, 0) is 34.3 Å². The van der Waals surface area contributed by atoms with Gasteiger partial charge in [-0.25, -0.2) is 0 Å². The van der Waals surface area contributed by atoms with Crippen LogP contribution in [-0.4, -0.2) is 44.4 Å². The Morgan fingerprint density at radius 2 is 1.40 bits per heavy atom. The number of aliphatic hydroxyl groups excluding tert-OH is 1. The third-order valence-corrected chi connectivity index (χ3v) is 12.2. The van der Waals surface area contributed by atoms with Crippen molar-refractivity contribution in [2.45, 2.75) is 63.6 Å². The zero-order valence-electron chi connectivity index (χ0n) is 21.3. The molecule has 5 heteroatoms. The summed E-state index contributed by atoms with van der Waals surface area (Å²) in [7, 11) is -2.61. The molecule has 3 atom stereocenters. The Kier molecular flexibility index (Phi) is 7.94. The van der Waals surface area contributed by atoms with Gasteiger partial charge in [-0.1, -0.05) is 112 Å². The molecule has 1 aliphatic rings. The molecule has 186 valence electrons. The summed E-state index contributed by atoms with van der Waals surface area (Å²) >= 11 is 0. The SMILES string of the molecule is CC(C)(C)[Si](OCC[C@@H](O)[C@@]1(C)O[C@@H]1COCc1ccccc1)(c1ccccc1)c1ccccc1. The van der Waals surface area contributed by atoms with Gasteiger partial charge >= 0.3 is 0 Å². The molecule has 4 rings (SSSR count). The van der Waals surface area contributed by atoms with Crippen molar-refractivity contribution in [2.75, 3.05) is 13.2 Å². The molecule has 0 saturated carbocycles. The normalized spacial score (nSPS) is 21.0. The lowest BCUT2D eigenvalue weighted by molar-refractivity contribution is 0.0632. The molecule has 3 aromatic rings. The van der Waals surface area contributed by atoms with Crippen molar-refractivity contribution in [1.82, 2.24) is 0 Å². The van der Waals surface area contributed by atoms with Crippen molar-refractivity contribution in [3.63, 3.8) is 0 Å².